The smallest absolute Gasteiger partial charge is 0.318 e. The first-order valence-corrected chi connectivity index (χ1v) is 8.91. The van der Waals surface area contributed by atoms with E-state index in [0.717, 1.165) is 24.8 Å². The number of nitrogens with one attached hydrogen (secondary N) is 2. The van der Waals surface area contributed by atoms with Crippen molar-refractivity contribution < 1.29 is 9.59 Å². The number of benzene rings is 1. The molecule has 1 aromatic carbocycles. The van der Waals surface area contributed by atoms with E-state index >= 15 is 0 Å². The van der Waals surface area contributed by atoms with E-state index in [0.29, 0.717) is 5.56 Å². The summed E-state index contributed by atoms with van der Waals surface area (Å²) in [6.45, 7) is 1.79. The van der Waals surface area contributed by atoms with Gasteiger partial charge in [-0.15, -0.1) is 0 Å². The number of aryl methyl sites for hydroxylation is 3. The molecule has 0 saturated carbocycles. The van der Waals surface area contributed by atoms with Gasteiger partial charge in [0, 0.05) is 11.8 Å². The summed E-state index contributed by atoms with van der Waals surface area (Å²) in [5, 5.41) is 5.11. The topological polar surface area (TPSA) is 80.2 Å². The normalized spacial score (nSPS) is 21.9. The molecular formula is C20H21N3O3. The van der Waals surface area contributed by atoms with Crippen LogP contribution in [0.4, 0.5) is 4.79 Å². The van der Waals surface area contributed by atoms with Crippen LogP contribution >= 0.6 is 0 Å². The number of amides is 3. The van der Waals surface area contributed by atoms with Gasteiger partial charge < -0.3 is 9.88 Å². The largest absolute Gasteiger partial charge is 0.322 e. The van der Waals surface area contributed by atoms with Crippen LogP contribution in [-0.4, -0.2) is 16.5 Å². The van der Waals surface area contributed by atoms with E-state index in [1.807, 2.05) is 18.2 Å². The van der Waals surface area contributed by atoms with Crippen molar-refractivity contribution in [2.45, 2.75) is 44.7 Å². The Bertz CT molecular complexity index is 963. The summed E-state index contributed by atoms with van der Waals surface area (Å²) in [6, 6.07) is 8.93. The number of nitrogens with zero attached hydrogens (tertiary/aromatic N) is 1. The quantitative estimate of drug-likeness (QED) is 0.827. The Labute approximate surface area is 151 Å². The van der Waals surface area contributed by atoms with Crippen molar-refractivity contribution in [1.29, 1.82) is 0 Å². The van der Waals surface area contributed by atoms with Crippen molar-refractivity contribution in [3.63, 3.8) is 0 Å². The molecule has 2 N–H and O–H groups in total. The molecule has 1 fully saturated rings. The second-order valence-corrected chi connectivity index (χ2v) is 7.13. The first kappa shape index (κ1) is 16.6. The molecular weight excluding hydrogens is 330 g/mol. The van der Waals surface area contributed by atoms with Gasteiger partial charge in [-0.2, -0.15) is 0 Å². The molecule has 1 aromatic heterocycles. The van der Waals surface area contributed by atoms with Crippen LogP contribution in [0.1, 0.15) is 35.1 Å². The SMILES string of the molecule is Cc1cccn(CC2(c3ccc4c(c3)CCCC4)NC(=O)NC2=O)c1=O. The molecule has 4 rings (SSSR count). The standard InChI is InChI=1S/C20H21N3O3/c1-13-5-4-10-23(17(13)24)12-20(18(25)21-19(26)22-20)16-9-8-14-6-2-3-7-15(14)11-16/h4-5,8-11H,2-3,6-7,12H2,1H3,(H2,21,22,25,26). The molecule has 0 bridgehead atoms. The van der Waals surface area contributed by atoms with E-state index in [9.17, 15) is 14.4 Å². The summed E-state index contributed by atoms with van der Waals surface area (Å²) in [5.41, 5.74) is 2.39. The maximum Gasteiger partial charge on any atom is 0.322 e. The zero-order valence-electron chi connectivity index (χ0n) is 14.7. The number of aromatic nitrogens is 1. The average Bonchev–Trinajstić information content (AvgIpc) is 2.93. The minimum absolute atomic E-state index is 0.0594. The Morgan fingerprint density at radius 2 is 1.85 bits per heavy atom. The molecule has 1 saturated heterocycles. The number of hydrogen-bond acceptors (Lipinski definition) is 3. The van der Waals surface area contributed by atoms with Crippen molar-refractivity contribution in [1.82, 2.24) is 15.2 Å². The summed E-state index contributed by atoms with van der Waals surface area (Å²) < 4.78 is 1.49. The lowest BCUT2D eigenvalue weighted by atomic mass is 9.83. The van der Waals surface area contributed by atoms with Gasteiger partial charge in [0.1, 0.15) is 0 Å². The highest BCUT2D eigenvalue weighted by molar-refractivity contribution is 6.07. The third kappa shape index (κ3) is 2.62. The first-order chi connectivity index (χ1) is 12.5. The van der Waals surface area contributed by atoms with Crippen molar-refractivity contribution in [3.8, 4) is 0 Å². The highest BCUT2D eigenvalue weighted by Crippen LogP contribution is 2.31. The van der Waals surface area contributed by atoms with Crippen LogP contribution in [0.25, 0.3) is 0 Å². The Balaban J connectivity index is 1.83. The van der Waals surface area contributed by atoms with Crippen molar-refractivity contribution >= 4 is 11.9 Å². The second kappa shape index (κ2) is 6.12. The lowest BCUT2D eigenvalue weighted by molar-refractivity contribution is -0.124. The molecule has 2 aliphatic rings. The van der Waals surface area contributed by atoms with Crippen LogP contribution in [0.2, 0.25) is 0 Å². The number of pyridine rings is 1. The summed E-state index contributed by atoms with van der Waals surface area (Å²) in [6.07, 6.45) is 5.96. The number of rotatable bonds is 3. The summed E-state index contributed by atoms with van der Waals surface area (Å²) in [7, 11) is 0. The molecule has 134 valence electrons. The third-order valence-electron chi connectivity index (χ3n) is 5.40. The molecule has 1 aliphatic heterocycles. The Morgan fingerprint density at radius 1 is 1.08 bits per heavy atom. The highest BCUT2D eigenvalue weighted by Gasteiger charge is 2.48. The average molecular weight is 351 g/mol. The monoisotopic (exact) mass is 351 g/mol. The van der Waals surface area contributed by atoms with Gasteiger partial charge in [-0.1, -0.05) is 24.3 Å². The number of carbonyl (C=O) groups is 2. The van der Waals surface area contributed by atoms with Crippen LogP contribution in [0.5, 0.6) is 0 Å². The van der Waals surface area contributed by atoms with Gasteiger partial charge in [0.25, 0.3) is 11.5 Å². The third-order valence-corrected chi connectivity index (χ3v) is 5.40. The fourth-order valence-corrected chi connectivity index (χ4v) is 3.93. The predicted octanol–water partition coefficient (Wildman–Crippen LogP) is 1.77. The molecule has 1 atom stereocenters. The van der Waals surface area contributed by atoms with Gasteiger partial charge in [-0.05, 0) is 55.4 Å². The molecule has 1 aliphatic carbocycles. The number of carbonyl (C=O) groups excluding carboxylic acids is 2. The van der Waals surface area contributed by atoms with Gasteiger partial charge >= 0.3 is 6.03 Å². The lowest BCUT2D eigenvalue weighted by Gasteiger charge is -2.29. The number of fused-ring (bicyclic) bond motifs is 1. The van der Waals surface area contributed by atoms with Crippen LogP contribution in [0.15, 0.2) is 41.3 Å². The van der Waals surface area contributed by atoms with Crippen molar-refractivity contribution in [3.05, 3.63) is 69.1 Å². The predicted molar refractivity (Wildman–Crippen MR) is 96.9 cm³/mol. The molecule has 6 nitrogen and oxygen atoms in total. The van der Waals surface area contributed by atoms with Gasteiger partial charge in [0.05, 0.1) is 6.54 Å². The molecule has 26 heavy (non-hydrogen) atoms. The minimum atomic E-state index is -1.28. The van der Waals surface area contributed by atoms with E-state index in [2.05, 4.69) is 10.6 Å². The van der Waals surface area contributed by atoms with Crippen LogP contribution in [0, 0.1) is 6.92 Å². The fourth-order valence-electron chi connectivity index (χ4n) is 3.93. The minimum Gasteiger partial charge on any atom is -0.318 e. The second-order valence-electron chi connectivity index (χ2n) is 7.13. The summed E-state index contributed by atoms with van der Waals surface area (Å²) >= 11 is 0. The zero-order valence-corrected chi connectivity index (χ0v) is 14.7. The van der Waals surface area contributed by atoms with E-state index < -0.39 is 17.5 Å². The van der Waals surface area contributed by atoms with Crippen molar-refractivity contribution in [2.24, 2.45) is 0 Å². The zero-order chi connectivity index (χ0) is 18.3. The molecule has 6 heteroatoms. The molecule has 2 aromatic rings. The number of urea groups is 1. The van der Waals surface area contributed by atoms with Gasteiger partial charge in [-0.25, -0.2) is 4.79 Å². The Hall–Kier alpha value is -2.89. The summed E-state index contributed by atoms with van der Waals surface area (Å²) in [5.74, 6) is -0.424. The Morgan fingerprint density at radius 3 is 2.58 bits per heavy atom. The summed E-state index contributed by atoms with van der Waals surface area (Å²) in [4.78, 5) is 37.2. The van der Waals surface area contributed by atoms with E-state index in [-0.39, 0.29) is 12.1 Å². The highest BCUT2D eigenvalue weighted by atomic mass is 16.2. The maximum atomic E-state index is 12.8. The number of imide groups is 1. The Kier molecular flexibility index (Phi) is 3.90. The molecule has 0 spiro atoms. The van der Waals surface area contributed by atoms with Crippen LogP contribution in [0.3, 0.4) is 0 Å². The van der Waals surface area contributed by atoms with E-state index in [1.54, 1.807) is 25.3 Å². The van der Waals surface area contributed by atoms with E-state index in [1.165, 1.54) is 22.1 Å². The van der Waals surface area contributed by atoms with Crippen LogP contribution < -0.4 is 16.2 Å². The van der Waals surface area contributed by atoms with Gasteiger partial charge in [-0.3, -0.25) is 14.9 Å². The maximum absolute atomic E-state index is 12.8. The van der Waals surface area contributed by atoms with Crippen LogP contribution in [-0.2, 0) is 29.7 Å². The fraction of sp³-hybridized carbons (Fsp3) is 0.350. The number of hydrogen-bond donors (Lipinski definition) is 2. The molecule has 0 radical (unpaired) electrons. The molecule has 3 amide bonds. The van der Waals surface area contributed by atoms with E-state index in [4.69, 9.17) is 0 Å². The first-order valence-electron chi connectivity index (χ1n) is 8.91. The molecule has 1 unspecified atom stereocenters. The van der Waals surface area contributed by atoms with Crippen molar-refractivity contribution in [2.75, 3.05) is 0 Å². The van der Waals surface area contributed by atoms with Gasteiger partial charge in [0.15, 0.2) is 5.54 Å². The lowest BCUT2D eigenvalue weighted by Crippen LogP contribution is -2.49. The molecule has 2 heterocycles. The van der Waals surface area contributed by atoms with Gasteiger partial charge in [0.2, 0.25) is 0 Å².